The van der Waals surface area contributed by atoms with Crippen LogP contribution in [0.25, 0.3) is 12.2 Å². The minimum atomic E-state index is -0.0728. The van der Waals surface area contributed by atoms with Crippen molar-refractivity contribution in [3.63, 3.8) is 0 Å². The number of Topliss-reactive ketones (excluding diaryl/α,β-unsaturated/α-hetero) is 1. The second-order valence-corrected chi connectivity index (χ2v) is 7.15. The van der Waals surface area contributed by atoms with Crippen LogP contribution in [0.5, 0.6) is 0 Å². The number of ketones is 1. The molecule has 6 heteroatoms. The molecule has 3 aromatic rings. The quantitative estimate of drug-likeness (QED) is 0.688. The van der Waals surface area contributed by atoms with Gasteiger partial charge in [0.25, 0.3) is 5.56 Å². The van der Waals surface area contributed by atoms with Crippen LogP contribution < -0.4 is 14.8 Å². The molecule has 0 atom stereocenters. The van der Waals surface area contributed by atoms with Gasteiger partial charge in [0, 0.05) is 13.1 Å². The number of hydrogen-bond acceptors (Lipinski definition) is 5. The number of hydrogen-bond donors (Lipinski definition) is 0. The minimum absolute atomic E-state index is 0.0658. The summed E-state index contributed by atoms with van der Waals surface area (Å²) >= 11 is 4.33. The van der Waals surface area contributed by atoms with Crippen molar-refractivity contribution in [1.82, 2.24) is 4.57 Å². The van der Waals surface area contributed by atoms with Crippen LogP contribution in [0.15, 0.2) is 39.1 Å². The Balaban J connectivity index is 2.10. The molecule has 0 radical (unpaired) electrons. The first-order chi connectivity index (χ1) is 10.1. The largest absolute Gasteiger partial charge is 0.302 e. The number of aromatic nitrogens is 1. The maximum atomic E-state index is 12.2. The first-order valence-electron chi connectivity index (χ1n) is 6.14. The van der Waals surface area contributed by atoms with E-state index in [0.29, 0.717) is 14.1 Å². The molecule has 0 N–H and O–H groups in total. The molecule has 3 rings (SSSR count). The molecule has 0 saturated carbocycles. The van der Waals surface area contributed by atoms with Gasteiger partial charge in [0.05, 0.1) is 9.41 Å². The maximum absolute atomic E-state index is 12.2. The van der Waals surface area contributed by atoms with E-state index in [4.69, 9.17) is 0 Å². The molecule has 0 bridgehead atoms. The molecule has 21 heavy (non-hydrogen) atoms. The Hall–Kier alpha value is -1.76. The van der Waals surface area contributed by atoms with Gasteiger partial charge in [-0.25, -0.2) is 0 Å². The predicted octanol–water partition coefficient (Wildman–Crippen LogP) is 2.06. The molecule has 3 aromatic heterocycles. The number of nitrogens with zero attached hydrogens (tertiary/aromatic N) is 1. The van der Waals surface area contributed by atoms with Crippen molar-refractivity contribution in [2.24, 2.45) is 7.05 Å². The lowest BCUT2D eigenvalue weighted by molar-refractivity contribution is 0.106. The molecule has 0 aromatic carbocycles. The SMILES string of the molecule is Cn1c(=CC(=O)c2cccs2)sc(=Cc2ccsc2)c1=O. The molecule has 0 aliphatic heterocycles. The monoisotopic (exact) mass is 333 g/mol. The van der Waals surface area contributed by atoms with E-state index in [1.165, 1.54) is 33.3 Å². The van der Waals surface area contributed by atoms with Crippen LogP contribution in [-0.2, 0) is 7.05 Å². The van der Waals surface area contributed by atoms with Crippen LogP contribution in [-0.4, -0.2) is 10.4 Å². The van der Waals surface area contributed by atoms with Gasteiger partial charge in [0.2, 0.25) is 0 Å². The average molecular weight is 333 g/mol. The molecule has 0 aliphatic carbocycles. The number of carbonyl (C=O) groups is 1. The summed E-state index contributed by atoms with van der Waals surface area (Å²) in [5.74, 6) is -0.0658. The topological polar surface area (TPSA) is 39.1 Å². The van der Waals surface area contributed by atoms with Crippen molar-refractivity contribution in [3.05, 3.63) is 64.3 Å². The van der Waals surface area contributed by atoms with Gasteiger partial charge in [-0.1, -0.05) is 6.07 Å². The molecule has 0 aliphatic rings. The number of rotatable bonds is 3. The first-order valence-corrected chi connectivity index (χ1v) is 8.78. The van der Waals surface area contributed by atoms with Crippen LogP contribution in [0.2, 0.25) is 0 Å². The number of thiophene rings is 2. The van der Waals surface area contributed by atoms with Crippen LogP contribution in [0.3, 0.4) is 0 Å². The Morgan fingerprint density at radius 3 is 2.81 bits per heavy atom. The summed E-state index contributed by atoms with van der Waals surface area (Å²) < 4.78 is 2.83. The third kappa shape index (κ3) is 2.97. The third-order valence-corrected chi connectivity index (χ3v) is 5.62. The van der Waals surface area contributed by atoms with Crippen LogP contribution >= 0.6 is 34.0 Å². The van der Waals surface area contributed by atoms with Crippen LogP contribution in [0, 0.1) is 0 Å². The molecule has 0 spiro atoms. The van der Waals surface area contributed by atoms with Crippen LogP contribution in [0.4, 0.5) is 0 Å². The van der Waals surface area contributed by atoms with Gasteiger partial charge < -0.3 is 4.57 Å². The minimum Gasteiger partial charge on any atom is -0.302 e. The van der Waals surface area contributed by atoms with E-state index < -0.39 is 0 Å². The smallest absolute Gasteiger partial charge is 0.268 e. The number of thiazole rings is 1. The molecular formula is C15H11NO2S3. The van der Waals surface area contributed by atoms with E-state index in [2.05, 4.69) is 0 Å². The zero-order valence-electron chi connectivity index (χ0n) is 11.1. The Labute approximate surface area is 132 Å². The normalized spacial score (nSPS) is 13.0. The summed E-state index contributed by atoms with van der Waals surface area (Å²) in [6.07, 6.45) is 3.39. The number of carbonyl (C=O) groups excluding carboxylic acids is 1. The maximum Gasteiger partial charge on any atom is 0.268 e. The van der Waals surface area contributed by atoms with Gasteiger partial charge in [-0.15, -0.1) is 22.7 Å². The molecule has 0 saturated heterocycles. The summed E-state index contributed by atoms with van der Waals surface area (Å²) in [6, 6.07) is 5.59. The van der Waals surface area contributed by atoms with Gasteiger partial charge in [-0.2, -0.15) is 11.3 Å². The van der Waals surface area contributed by atoms with Crippen molar-refractivity contribution < 1.29 is 4.79 Å². The van der Waals surface area contributed by atoms with Crippen molar-refractivity contribution >= 4 is 51.9 Å². The first kappa shape index (κ1) is 14.2. The molecule has 3 heterocycles. The fourth-order valence-electron chi connectivity index (χ4n) is 1.82. The zero-order valence-corrected chi connectivity index (χ0v) is 13.6. The molecule has 3 nitrogen and oxygen atoms in total. The highest BCUT2D eigenvalue weighted by Crippen LogP contribution is 2.09. The predicted molar refractivity (Wildman–Crippen MR) is 89.8 cm³/mol. The lowest BCUT2D eigenvalue weighted by Gasteiger charge is -1.89. The lowest BCUT2D eigenvalue weighted by atomic mass is 10.3. The van der Waals surface area contributed by atoms with Crippen LogP contribution in [0.1, 0.15) is 15.2 Å². The standard InChI is InChI=1S/C15H11NO2S3/c1-16-14(8-11(17)12-3-2-5-20-12)21-13(15(16)18)7-10-4-6-19-9-10/h2-9H,1H3. The van der Waals surface area contributed by atoms with Gasteiger partial charge in [0.15, 0.2) is 5.78 Å². The molecule has 0 fully saturated rings. The molecule has 106 valence electrons. The average Bonchev–Trinajstić information content (AvgIpc) is 3.19. The van der Waals surface area contributed by atoms with Gasteiger partial charge >= 0.3 is 0 Å². The Morgan fingerprint density at radius 1 is 1.29 bits per heavy atom. The highest BCUT2D eigenvalue weighted by molar-refractivity contribution is 7.12. The highest BCUT2D eigenvalue weighted by atomic mass is 32.1. The van der Waals surface area contributed by atoms with Crippen molar-refractivity contribution in [2.75, 3.05) is 0 Å². The van der Waals surface area contributed by atoms with Gasteiger partial charge in [-0.05, 0) is 39.9 Å². The van der Waals surface area contributed by atoms with E-state index in [0.717, 1.165) is 5.56 Å². The molecule has 0 amide bonds. The lowest BCUT2D eigenvalue weighted by Crippen LogP contribution is -2.29. The third-order valence-electron chi connectivity index (χ3n) is 2.92. The molecule has 0 unspecified atom stereocenters. The van der Waals surface area contributed by atoms with Gasteiger partial charge in [0.1, 0.15) is 4.66 Å². The second kappa shape index (κ2) is 5.93. The fraction of sp³-hybridized carbons (Fsp3) is 0.0667. The molecular weight excluding hydrogens is 322 g/mol. The summed E-state index contributed by atoms with van der Waals surface area (Å²) in [6.45, 7) is 0. The fourth-order valence-corrected chi connectivity index (χ4v) is 4.10. The Morgan fingerprint density at radius 2 is 2.14 bits per heavy atom. The zero-order chi connectivity index (χ0) is 14.8. The second-order valence-electron chi connectivity index (χ2n) is 4.36. The Bertz CT molecular complexity index is 928. The van der Waals surface area contributed by atoms with Crippen molar-refractivity contribution in [2.45, 2.75) is 0 Å². The van der Waals surface area contributed by atoms with Crippen molar-refractivity contribution in [3.8, 4) is 0 Å². The summed E-state index contributed by atoms with van der Waals surface area (Å²) in [5.41, 5.74) is 0.937. The summed E-state index contributed by atoms with van der Waals surface area (Å²) in [7, 11) is 1.69. The summed E-state index contributed by atoms with van der Waals surface area (Å²) in [5, 5.41) is 5.82. The highest BCUT2D eigenvalue weighted by Gasteiger charge is 2.06. The van der Waals surface area contributed by atoms with E-state index in [-0.39, 0.29) is 11.3 Å². The van der Waals surface area contributed by atoms with Crippen molar-refractivity contribution in [1.29, 1.82) is 0 Å². The van der Waals surface area contributed by atoms with E-state index in [1.54, 1.807) is 24.5 Å². The van der Waals surface area contributed by atoms with Gasteiger partial charge in [-0.3, -0.25) is 9.59 Å². The Kier molecular flexibility index (Phi) is 4.01. The van der Waals surface area contributed by atoms with E-state index in [1.807, 2.05) is 34.3 Å². The van der Waals surface area contributed by atoms with E-state index >= 15 is 0 Å². The summed E-state index contributed by atoms with van der Waals surface area (Å²) in [4.78, 5) is 25.0. The van der Waals surface area contributed by atoms with E-state index in [9.17, 15) is 9.59 Å².